The van der Waals surface area contributed by atoms with Crippen LogP contribution in [0.3, 0.4) is 0 Å². The van der Waals surface area contributed by atoms with Gasteiger partial charge in [-0.25, -0.2) is 8.42 Å². The van der Waals surface area contributed by atoms with E-state index in [9.17, 15) is 13.2 Å². The first-order valence-electron chi connectivity index (χ1n) is 9.06. The Labute approximate surface area is 170 Å². The van der Waals surface area contributed by atoms with Crippen LogP contribution in [-0.2, 0) is 14.8 Å². The monoisotopic (exact) mass is 420 g/mol. The normalized spacial score (nSPS) is 15.0. The molecule has 1 heterocycles. The van der Waals surface area contributed by atoms with Gasteiger partial charge in [-0.1, -0.05) is 0 Å². The van der Waals surface area contributed by atoms with E-state index < -0.39 is 10.0 Å². The summed E-state index contributed by atoms with van der Waals surface area (Å²) in [5.41, 5.74) is 1.00. The predicted molar refractivity (Wildman–Crippen MR) is 108 cm³/mol. The lowest BCUT2D eigenvalue weighted by Gasteiger charge is -2.26. The molecule has 1 aliphatic rings. The fourth-order valence-corrected chi connectivity index (χ4v) is 4.46. The smallest absolute Gasteiger partial charge is 0.258 e. The average molecular weight is 420 g/mol. The number of benzene rings is 2. The summed E-state index contributed by atoms with van der Waals surface area (Å²) in [4.78, 5) is 14.5. The van der Waals surface area contributed by atoms with E-state index in [0.29, 0.717) is 49.1 Å². The summed E-state index contributed by atoms with van der Waals surface area (Å²) in [5.74, 6) is 0.805. The van der Waals surface area contributed by atoms with E-state index in [1.54, 1.807) is 32.4 Å². The second-order valence-electron chi connectivity index (χ2n) is 6.44. The standard InChI is InChI=1S/C20H24N2O6S/c1-21(16-6-9-18(26-2)19(14-16)27-3)20(23)15-4-7-17(8-5-15)29(24,25)22-10-12-28-13-11-22/h4-9,14H,10-13H2,1-3H3. The van der Waals surface area contributed by atoms with Crippen molar-refractivity contribution >= 4 is 21.6 Å². The summed E-state index contributed by atoms with van der Waals surface area (Å²) in [5, 5.41) is 0. The van der Waals surface area contributed by atoms with Crippen molar-refractivity contribution in [2.75, 3.05) is 52.5 Å². The van der Waals surface area contributed by atoms with E-state index in [2.05, 4.69) is 0 Å². The maximum atomic E-state index is 12.8. The maximum absolute atomic E-state index is 12.8. The van der Waals surface area contributed by atoms with E-state index in [1.807, 2.05) is 0 Å². The lowest BCUT2D eigenvalue weighted by Crippen LogP contribution is -2.40. The molecule has 2 aromatic rings. The first-order chi connectivity index (χ1) is 13.9. The maximum Gasteiger partial charge on any atom is 0.258 e. The van der Waals surface area contributed by atoms with Crippen LogP contribution in [0.25, 0.3) is 0 Å². The van der Waals surface area contributed by atoms with Gasteiger partial charge < -0.3 is 19.1 Å². The summed E-state index contributed by atoms with van der Waals surface area (Å²) in [6.07, 6.45) is 0. The molecular weight excluding hydrogens is 396 g/mol. The van der Waals surface area contributed by atoms with Crippen molar-refractivity contribution in [1.82, 2.24) is 4.31 Å². The number of carbonyl (C=O) groups excluding carboxylic acids is 1. The number of anilines is 1. The molecule has 0 radical (unpaired) electrons. The number of nitrogens with zero attached hydrogens (tertiary/aromatic N) is 2. The molecule has 0 aromatic heterocycles. The van der Waals surface area contributed by atoms with E-state index in [0.717, 1.165) is 0 Å². The fraction of sp³-hybridized carbons (Fsp3) is 0.350. The summed E-state index contributed by atoms with van der Waals surface area (Å²) >= 11 is 0. The van der Waals surface area contributed by atoms with Gasteiger partial charge in [-0.05, 0) is 36.4 Å². The third kappa shape index (κ3) is 4.36. The molecule has 0 unspecified atom stereocenters. The van der Waals surface area contributed by atoms with Gasteiger partial charge in [-0.3, -0.25) is 4.79 Å². The van der Waals surface area contributed by atoms with Crippen LogP contribution in [0, 0.1) is 0 Å². The lowest BCUT2D eigenvalue weighted by atomic mass is 10.2. The number of amides is 1. The molecule has 1 saturated heterocycles. The molecule has 0 atom stereocenters. The number of sulfonamides is 1. The van der Waals surface area contributed by atoms with Gasteiger partial charge >= 0.3 is 0 Å². The minimum absolute atomic E-state index is 0.157. The van der Waals surface area contributed by atoms with Crippen LogP contribution >= 0.6 is 0 Å². The first-order valence-corrected chi connectivity index (χ1v) is 10.5. The molecule has 2 aromatic carbocycles. The third-order valence-corrected chi connectivity index (χ3v) is 6.68. The zero-order valence-corrected chi connectivity index (χ0v) is 17.4. The van der Waals surface area contributed by atoms with Crippen LogP contribution in [0.5, 0.6) is 11.5 Å². The van der Waals surface area contributed by atoms with E-state index in [1.165, 1.54) is 40.6 Å². The highest BCUT2D eigenvalue weighted by molar-refractivity contribution is 7.89. The van der Waals surface area contributed by atoms with Crippen LogP contribution in [0.15, 0.2) is 47.4 Å². The van der Waals surface area contributed by atoms with Gasteiger partial charge in [0.2, 0.25) is 10.0 Å². The van der Waals surface area contributed by atoms with Gasteiger partial charge in [-0.2, -0.15) is 4.31 Å². The van der Waals surface area contributed by atoms with Crippen molar-refractivity contribution < 1.29 is 27.4 Å². The molecule has 8 nitrogen and oxygen atoms in total. The Morgan fingerprint density at radius 1 is 1.00 bits per heavy atom. The number of rotatable bonds is 6. The molecule has 9 heteroatoms. The van der Waals surface area contributed by atoms with Gasteiger partial charge in [0, 0.05) is 37.5 Å². The molecule has 1 fully saturated rings. The molecule has 1 amide bonds. The molecule has 0 spiro atoms. The van der Waals surface area contributed by atoms with E-state index in [4.69, 9.17) is 14.2 Å². The topological polar surface area (TPSA) is 85.4 Å². The summed E-state index contributed by atoms with van der Waals surface area (Å²) in [6, 6.07) is 11.1. The molecule has 0 bridgehead atoms. The Hall–Kier alpha value is -2.62. The number of carbonyl (C=O) groups is 1. The number of morpholine rings is 1. The Morgan fingerprint density at radius 2 is 1.62 bits per heavy atom. The molecular formula is C20H24N2O6S. The number of ether oxygens (including phenoxy) is 3. The minimum atomic E-state index is -3.60. The van der Waals surface area contributed by atoms with Crippen LogP contribution in [0.2, 0.25) is 0 Å². The zero-order valence-electron chi connectivity index (χ0n) is 16.6. The Balaban J connectivity index is 1.79. The van der Waals surface area contributed by atoms with Gasteiger partial charge in [0.05, 0.1) is 32.3 Å². The van der Waals surface area contributed by atoms with Gasteiger partial charge in [0.1, 0.15) is 0 Å². The van der Waals surface area contributed by atoms with Gasteiger partial charge in [0.25, 0.3) is 5.91 Å². The Kier molecular flexibility index (Phi) is 6.41. The highest BCUT2D eigenvalue weighted by Crippen LogP contribution is 2.31. The summed E-state index contributed by atoms with van der Waals surface area (Å²) in [6.45, 7) is 1.41. The van der Waals surface area contributed by atoms with Crippen molar-refractivity contribution in [2.24, 2.45) is 0 Å². The molecule has 156 valence electrons. The lowest BCUT2D eigenvalue weighted by molar-refractivity contribution is 0.0730. The van der Waals surface area contributed by atoms with Crippen molar-refractivity contribution in [3.05, 3.63) is 48.0 Å². The van der Waals surface area contributed by atoms with Crippen LogP contribution in [-0.4, -0.2) is 66.2 Å². The molecule has 0 saturated carbocycles. The molecule has 0 N–H and O–H groups in total. The van der Waals surface area contributed by atoms with Gasteiger partial charge in [-0.15, -0.1) is 0 Å². The number of methoxy groups -OCH3 is 2. The van der Waals surface area contributed by atoms with E-state index >= 15 is 0 Å². The van der Waals surface area contributed by atoms with Crippen molar-refractivity contribution in [3.8, 4) is 11.5 Å². The fourth-order valence-electron chi connectivity index (χ4n) is 3.05. The SMILES string of the molecule is COc1ccc(N(C)C(=O)c2ccc(S(=O)(=O)N3CCOCC3)cc2)cc1OC. The van der Waals surface area contributed by atoms with Crippen molar-refractivity contribution in [2.45, 2.75) is 4.90 Å². The van der Waals surface area contributed by atoms with Crippen molar-refractivity contribution in [1.29, 1.82) is 0 Å². The highest BCUT2D eigenvalue weighted by atomic mass is 32.2. The van der Waals surface area contributed by atoms with Gasteiger partial charge in [0.15, 0.2) is 11.5 Å². The minimum Gasteiger partial charge on any atom is -0.493 e. The Morgan fingerprint density at radius 3 is 2.21 bits per heavy atom. The third-order valence-electron chi connectivity index (χ3n) is 4.77. The second-order valence-corrected chi connectivity index (χ2v) is 8.38. The van der Waals surface area contributed by atoms with E-state index in [-0.39, 0.29) is 10.8 Å². The molecule has 29 heavy (non-hydrogen) atoms. The quantitative estimate of drug-likeness (QED) is 0.711. The molecule has 3 rings (SSSR count). The van der Waals surface area contributed by atoms with Crippen LogP contribution < -0.4 is 14.4 Å². The Bertz CT molecular complexity index is 969. The largest absolute Gasteiger partial charge is 0.493 e. The number of hydrogen-bond donors (Lipinski definition) is 0. The molecule has 0 aliphatic carbocycles. The average Bonchev–Trinajstić information content (AvgIpc) is 2.78. The predicted octanol–water partition coefficient (Wildman–Crippen LogP) is 2.00. The zero-order chi connectivity index (χ0) is 21.0. The summed E-state index contributed by atoms with van der Waals surface area (Å²) < 4.78 is 42.5. The van der Waals surface area contributed by atoms with Crippen LogP contribution in [0.1, 0.15) is 10.4 Å². The second kappa shape index (κ2) is 8.81. The molecule has 1 aliphatic heterocycles. The van der Waals surface area contributed by atoms with Crippen LogP contribution in [0.4, 0.5) is 5.69 Å². The summed E-state index contributed by atoms with van der Waals surface area (Å²) in [7, 11) is 1.11. The number of hydrogen-bond acceptors (Lipinski definition) is 6. The first kappa shape index (κ1) is 21.1. The van der Waals surface area contributed by atoms with Crippen molar-refractivity contribution in [3.63, 3.8) is 0 Å². The highest BCUT2D eigenvalue weighted by Gasteiger charge is 2.26.